The van der Waals surface area contributed by atoms with Gasteiger partial charge in [-0.15, -0.1) is 0 Å². The summed E-state index contributed by atoms with van der Waals surface area (Å²) in [6.45, 7) is 0.754. The third kappa shape index (κ3) is 4.25. The number of hydrogen-bond donors (Lipinski definition) is 0. The largest absolute Gasteiger partial charge is 0.334 e. The van der Waals surface area contributed by atoms with Gasteiger partial charge < -0.3 is 4.90 Å². The van der Waals surface area contributed by atoms with Crippen LogP contribution in [-0.2, 0) is 17.6 Å². The second-order valence-electron chi connectivity index (χ2n) is 7.14. The first-order valence-electron chi connectivity index (χ1n) is 9.58. The Morgan fingerprint density at radius 1 is 1.07 bits per heavy atom. The zero-order chi connectivity index (χ0) is 19.3. The molecular formula is C23H22FN3O. The summed E-state index contributed by atoms with van der Waals surface area (Å²) in [5.41, 5.74) is 3.66. The highest BCUT2D eigenvalue weighted by atomic mass is 19.1. The molecule has 0 radical (unpaired) electrons. The number of hydrogen-bond acceptors (Lipinski definition) is 3. The van der Waals surface area contributed by atoms with Crippen LogP contribution in [0.1, 0.15) is 41.4 Å². The molecule has 4 nitrogen and oxygen atoms in total. The van der Waals surface area contributed by atoms with Crippen molar-refractivity contribution in [2.45, 2.75) is 31.7 Å². The summed E-state index contributed by atoms with van der Waals surface area (Å²) in [6, 6.07) is 16.3. The number of nitrogens with zero attached hydrogens (tertiary/aromatic N) is 3. The Labute approximate surface area is 164 Å². The summed E-state index contributed by atoms with van der Waals surface area (Å²) >= 11 is 0. The highest BCUT2D eigenvalue weighted by Crippen LogP contribution is 2.31. The molecule has 2 aromatic heterocycles. The van der Waals surface area contributed by atoms with Gasteiger partial charge >= 0.3 is 0 Å². The van der Waals surface area contributed by atoms with E-state index in [9.17, 15) is 9.18 Å². The van der Waals surface area contributed by atoms with Crippen LogP contribution in [0, 0.1) is 5.82 Å². The van der Waals surface area contributed by atoms with Crippen LogP contribution in [0.4, 0.5) is 4.39 Å². The molecule has 1 aliphatic rings. The van der Waals surface area contributed by atoms with E-state index in [0.29, 0.717) is 12.8 Å². The fraction of sp³-hybridized carbons (Fsp3) is 0.261. The Hall–Kier alpha value is -3.08. The lowest BCUT2D eigenvalue weighted by Crippen LogP contribution is -2.32. The maximum Gasteiger partial charge on any atom is 0.227 e. The summed E-state index contributed by atoms with van der Waals surface area (Å²) in [6.07, 6.45) is 6.26. The smallest absolute Gasteiger partial charge is 0.227 e. The van der Waals surface area contributed by atoms with Crippen molar-refractivity contribution in [3.05, 3.63) is 95.3 Å². The standard InChI is InChI=1S/C23H22FN3O/c24-19-5-1-4-18(14-19)15-20-6-2-7-21(26-20)22-8-3-13-27(22)23(28)16-17-9-11-25-12-10-17/h1-2,4-7,9-12,14,22H,3,8,13,15-16H2. The number of aromatic nitrogens is 2. The molecule has 1 saturated heterocycles. The Morgan fingerprint density at radius 2 is 1.89 bits per heavy atom. The SMILES string of the molecule is O=C(Cc1ccncc1)N1CCCC1c1cccc(Cc2cccc(F)c2)n1. The van der Waals surface area contributed by atoms with E-state index >= 15 is 0 Å². The molecule has 142 valence electrons. The van der Waals surface area contributed by atoms with Crippen molar-refractivity contribution in [2.75, 3.05) is 6.54 Å². The number of benzene rings is 1. The number of carbonyl (C=O) groups excluding carboxylic acids is 1. The average Bonchev–Trinajstić information content (AvgIpc) is 3.19. The molecule has 1 amide bonds. The molecule has 28 heavy (non-hydrogen) atoms. The number of likely N-dealkylation sites (tertiary alicyclic amines) is 1. The van der Waals surface area contributed by atoms with E-state index in [2.05, 4.69) is 4.98 Å². The molecule has 0 saturated carbocycles. The highest BCUT2D eigenvalue weighted by molar-refractivity contribution is 5.79. The van der Waals surface area contributed by atoms with Gasteiger partial charge in [0.15, 0.2) is 0 Å². The summed E-state index contributed by atoms with van der Waals surface area (Å²) in [5, 5.41) is 0. The summed E-state index contributed by atoms with van der Waals surface area (Å²) in [5.74, 6) is -0.122. The van der Waals surface area contributed by atoms with Crippen molar-refractivity contribution in [3.8, 4) is 0 Å². The van der Waals surface area contributed by atoms with Gasteiger partial charge in [-0.3, -0.25) is 14.8 Å². The Bertz CT molecular complexity index is 961. The zero-order valence-corrected chi connectivity index (χ0v) is 15.6. The third-order valence-electron chi connectivity index (χ3n) is 5.12. The summed E-state index contributed by atoms with van der Waals surface area (Å²) < 4.78 is 13.4. The Morgan fingerprint density at radius 3 is 2.71 bits per heavy atom. The van der Waals surface area contributed by atoms with Crippen LogP contribution in [0.25, 0.3) is 0 Å². The first-order chi connectivity index (χ1) is 13.7. The second-order valence-corrected chi connectivity index (χ2v) is 7.14. The molecule has 1 atom stereocenters. The molecular weight excluding hydrogens is 353 g/mol. The van der Waals surface area contributed by atoms with Crippen LogP contribution < -0.4 is 0 Å². The number of pyridine rings is 2. The van der Waals surface area contributed by atoms with Crippen molar-refractivity contribution in [3.63, 3.8) is 0 Å². The molecule has 0 aliphatic carbocycles. The van der Waals surface area contributed by atoms with Gasteiger partial charge in [0.2, 0.25) is 5.91 Å². The molecule has 1 aliphatic heterocycles. The number of rotatable bonds is 5. The van der Waals surface area contributed by atoms with Gasteiger partial charge in [-0.05, 0) is 60.4 Å². The van der Waals surface area contributed by atoms with Gasteiger partial charge in [0.1, 0.15) is 5.82 Å². The summed E-state index contributed by atoms with van der Waals surface area (Å²) in [7, 11) is 0. The van der Waals surface area contributed by atoms with E-state index in [1.165, 1.54) is 12.1 Å². The van der Waals surface area contributed by atoms with Gasteiger partial charge in [0.25, 0.3) is 0 Å². The molecule has 0 N–H and O–H groups in total. The van der Waals surface area contributed by atoms with Gasteiger partial charge in [-0.25, -0.2) is 4.39 Å². The number of halogens is 1. The fourth-order valence-corrected chi connectivity index (χ4v) is 3.79. The topological polar surface area (TPSA) is 46.1 Å². The molecule has 1 aromatic carbocycles. The van der Waals surface area contributed by atoms with E-state index in [0.717, 1.165) is 41.9 Å². The van der Waals surface area contributed by atoms with Gasteiger partial charge in [-0.2, -0.15) is 0 Å². The van der Waals surface area contributed by atoms with Crippen molar-refractivity contribution in [2.24, 2.45) is 0 Å². The van der Waals surface area contributed by atoms with Crippen LogP contribution in [0.15, 0.2) is 67.0 Å². The molecule has 1 fully saturated rings. The van der Waals surface area contributed by atoms with Crippen molar-refractivity contribution < 1.29 is 9.18 Å². The first kappa shape index (κ1) is 18.3. The van der Waals surface area contributed by atoms with Gasteiger partial charge in [-0.1, -0.05) is 18.2 Å². The maximum atomic E-state index is 13.4. The first-order valence-corrected chi connectivity index (χ1v) is 9.58. The molecule has 1 unspecified atom stereocenters. The lowest BCUT2D eigenvalue weighted by Gasteiger charge is -2.25. The van der Waals surface area contributed by atoms with Gasteiger partial charge in [0, 0.05) is 31.1 Å². The maximum absolute atomic E-state index is 13.4. The molecule has 0 bridgehead atoms. The quantitative estimate of drug-likeness (QED) is 0.674. The second kappa shape index (κ2) is 8.30. The third-order valence-corrected chi connectivity index (χ3v) is 5.12. The van der Waals surface area contributed by atoms with Crippen LogP contribution in [-0.4, -0.2) is 27.3 Å². The van der Waals surface area contributed by atoms with E-state index in [-0.39, 0.29) is 17.8 Å². The molecule has 4 rings (SSSR count). The Balaban J connectivity index is 1.50. The van der Waals surface area contributed by atoms with Crippen LogP contribution >= 0.6 is 0 Å². The van der Waals surface area contributed by atoms with Crippen molar-refractivity contribution >= 4 is 5.91 Å². The predicted octanol–water partition coefficient (Wildman–Crippen LogP) is 4.11. The normalized spacial score (nSPS) is 16.3. The van der Waals surface area contributed by atoms with Crippen molar-refractivity contribution in [1.29, 1.82) is 0 Å². The lowest BCUT2D eigenvalue weighted by atomic mass is 10.1. The number of carbonyl (C=O) groups is 1. The molecule has 0 spiro atoms. The van der Waals surface area contributed by atoms with Crippen LogP contribution in [0.3, 0.4) is 0 Å². The van der Waals surface area contributed by atoms with Crippen LogP contribution in [0.2, 0.25) is 0 Å². The fourth-order valence-electron chi connectivity index (χ4n) is 3.79. The molecule has 5 heteroatoms. The number of amides is 1. The van der Waals surface area contributed by atoms with E-state index < -0.39 is 0 Å². The lowest BCUT2D eigenvalue weighted by molar-refractivity contribution is -0.131. The predicted molar refractivity (Wildman–Crippen MR) is 105 cm³/mol. The molecule has 3 aromatic rings. The van der Waals surface area contributed by atoms with E-state index in [4.69, 9.17) is 4.98 Å². The minimum absolute atomic E-state index is 0.00166. The van der Waals surface area contributed by atoms with Crippen molar-refractivity contribution in [1.82, 2.24) is 14.9 Å². The average molecular weight is 375 g/mol. The monoisotopic (exact) mass is 375 g/mol. The van der Waals surface area contributed by atoms with Crippen LogP contribution in [0.5, 0.6) is 0 Å². The minimum Gasteiger partial charge on any atom is -0.334 e. The zero-order valence-electron chi connectivity index (χ0n) is 15.6. The molecule has 3 heterocycles. The highest BCUT2D eigenvalue weighted by Gasteiger charge is 2.30. The summed E-state index contributed by atoms with van der Waals surface area (Å²) in [4.78, 5) is 23.6. The van der Waals surface area contributed by atoms with E-state index in [1.807, 2.05) is 41.3 Å². The Kier molecular flexibility index (Phi) is 5.42. The minimum atomic E-state index is -0.239. The van der Waals surface area contributed by atoms with Gasteiger partial charge in [0.05, 0.1) is 18.2 Å². The van der Waals surface area contributed by atoms with E-state index in [1.54, 1.807) is 18.5 Å².